The molecule has 0 radical (unpaired) electrons. The van der Waals surface area contributed by atoms with E-state index in [1.807, 2.05) is 59.5 Å². The zero-order valence-corrected chi connectivity index (χ0v) is 18.6. The Morgan fingerprint density at radius 2 is 2.03 bits per heavy atom. The number of thiazole rings is 1. The number of nitrogens with one attached hydrogen (secondary N) is 1. The lowest BCUT2D eigenvalue weighted by atomic mass is 10.1. The predicted molar refractivity (Wildman–Crippen MR) is 126 cm³/mol. The molecule has 0 fully saturated rings. The van der Waals surface area contributed by atoms with Gasteiger partial charge in [0.05, 0.1) is 17.0 Å². The number of aromatic nitrogens is 3. The Bertz CT molecular complexity index is 1180. The van der Waals surface area contributed by atoms with Crippen molar-refractivity contribution in [1.82, 2.24) is 19.9 Å². The maximum atomic E-state index is 12.2. The quantitative estimate of drug-likeness (QED) is 0.383. The second-order valence-electron chi connectivity index (χ2n) is 7.32. The first-order valence-electron chi connectivity index (χ1n) is 10.3. The molecule has 1 N–H and O–H groups in total. The van der Waals surface area contributed by atoms with Crippen molar-refractivity contribution in [2.24, 2.45) is 0 Å². The molecule has 32 heavy (non-hydrogen) atoms. The Hall–Kier alpha value is -3.71. The lowest BCUT2D eigenvalue weighted by Gasteiger charge is -2.06. The third-order valence-electron chi connectivity index (χ3n) is 4.75. The fraction of sp³-hybridized carbons (Fsp3) is 0.160. The fourth-order valence-corrected chi connectivity index (χ4v) is 3.71. The largest absolute Gasteiger partial charge is 0.487 e. The smallest absolute Gasteiger partial charge is 0.244 e. The van der Waals surface area contributed by atoms with Crippen molar-refractivity contribution in [3.05, 3.63) is 106 Å². The Balaban J connectivity index is 1.25. The van der Waals surface area contributed by atoms with Crippen LogP contribution in [0.25, 0.3) is 6.08 Å². The van der Waals surface area contributed by atoms with E-state index in [2.05, 4.69) is 27.4 Å². The molecule has 0 saturated heterocycles. The number of hydrogen-bond donors (Lipinski definition) is 1. The molecule has 2 aromatic carbocycles. The van der Waals surface area contributed by atoms with Crippen LogP contribution in [0.1, 0.15) is 27.4 Å². The molecule has 0 unspecified atom stereocenters. The van der Waals surface area contributed by atoms with Gasteiger partial charge in [0.25, 0.3) is 0 Å². The minimum absolute atomic E-state index is 0.142. The van der Waals surface area contributed by atoms with Crippen LogP contribution in [0.4, 0.5) is 0 Å². The molecule has 0 aliphatic rings. The van der Waals surface area contributed by atoms with Crippen molar-refractivity contribution in [3.63, 3.8) is 0 Å². The molecule has 0 aliphatic heterocycles. The van der Waals surface area contributed by atoms with Gasteiger partial charge in [0.2, 0.25) is 5.91 Å². The van der Waals surface area contributed by atoms with Crippen LogP contribution in [0.3, 0.4) is 0 Å². The highest BCUT2D eigenvalue weighted by atomic mass is 32.1. The number of amides is 1. The van der Waals surface area contributed by atoms with E-state index in [0.29, 0.717) is 13.2 Å². The standard InChI is InChI=1S/C25H24N4O2S/c1-19-28-23(17-32-19)16-31-24-4-2-3-20(13-24)9-10-25(30)27-14-21-5-7-22(8-6-21)15-29-12-11-26-18-29/h2-13,17-18H,14-16H2,1H3,(H,27,30)/b10-9+. The first-order chi connectivity index (χ1) is 15.6. The molecule has 6 nitrogen and oxygen atoms in total. The first-order valence-corrected chi connectivity index (χ1v) is 11.2. The zero-order valence-electron chi connectivity index (χ0n) is 17.8. The maximum Gasteiger partial charge on any atom is 0.244 e. The summed E-state index contributed by atoms with van der Waals surface area (Å²) in [6.45, 7) is 3.66. The van der Waals surface area contributed by atoms with E-state index >= 15 is 0 Å². The minimum atomic E-state index is -0.142. The second-order valence-corrected chi connectivity index (χ2v) is 8.38. The van der Waals surface area contributed by atoms with Gasteiger partial charge in [-0.1, -0.05) is 36.4 Å². The SMILES string of the molecule is Cc1nc(COc2cccc(/C=C/C(=O)NCc3ccc(Cn4ccnc4)cc3)c2)cs1. The van der Waals surface area contributed by atoms with Gasteiger partial charge in [0.15, 0.2) is 0 Å². The summed E-state index contributed by atoms with van der Waals surface area (Å²) < 4.78 is 7.82. The molecule has 1 amide bonds. The maximum absolute atomic E-state index is 12.2. The number of carbonyl (C=O) groups is 1. The van der Waals surface area contributed by atoms with Crippen molar-refractivity contribution in [2.45, 2.75) is 26.6 Å². The Kier molecular flexibility index (Phi) is 7.09. The molecule has 0 spiro atoms. The molecule has 162 valence electrons. The van der Waals surface area contributed by atoms with Crippen LogP contribution in [0.2, 0.25) is 0 Å². The topological polar surface area (TPSA) is 69.0 Å². The fourth-order valence-electron chi connectivity index (χ4n) is 3.11. The summed E-state index contributed by atoms with van der Waals surface area (Å²) in [5.74, 6) is 0.603. The summed E-state index contributed by atoms with van der Waals surface area (Å²) in [7, 11) is 0. The van der Waals surface area contributed by atoms with E-state index in [1.165, 1.54) is 11.6 Å². The molecule has 4 aromatic rings. The van der Waals surface area contributed by atoms with Crippen molar-refractivity contribution in [3.8, 4) is 5.75 Å². The molecule has 0 atom stereocenters. The molecule has 4 rings (SSSR count). The van der Waals surface area contributed by atoms with E-state index in [-0.39, 0.29) is 5.91 Å². The van der Waals surface area contributed by atoms with Crippen LogP contribution in [-0.2, 0) is 24.5 Å². The van der Waals surface area contributed by atoms with Gasteiger partial charge in [-0.2, -0.15) is 0 Å². The summed E-state index contributed by atoms with van der Waals surface area (Å²) in [5.41, 5.74) is 4.05. The number of rotatable bonds is 9. The Morgan fingerprint density at radius 3 is 2.78 bits per heavy atom. The van der Waals surface area contributed by atoms with Crippen molar-refractivity contribution < 1.29 is 9.53 Å². The monoisotopic (exact) mass is 444 g/mol. The Morgan fingerprint density at radius 1 is 1.19 bits per heavy atom. The van der Waals surface area contributed by atoms with Crippen LogP contribution < -0.4 is 10.1 Å². The van der Waals surface area contributed by atoms with Gasteiger partial charge in [-0.3, -0.25) is 4.79 Å². The molecule has 7 heteroatoms. The number of imidazole rings is 1. The molecule has 0 saturated carbocycles. The van der Waals surface area contributed by atoms with Gasteiger partial charge in [0.1, 0.15) is 12.4 Å². The first kappa shape index (κ1) is 21.5. The van der Waals surface area contributed by atoms with E-state index in [0.717, 1.165) is 34.1 Å². The highest BCUT2D eigenvalue weighted by Gasteiger charge is 2.02. The van der Waals surface area contributed by atoms with Gasteiger partial charge in [-0.15, -0.1) is 11.3 Å². The van der Waals surface area contributed by atoms with Crippen LogP contribution in [0.15, 0.2) is 78.7 Å². The van der Waals surface area contributed by atoms with Crippen molar-refractivity contribution in [1.29, 1.82) is 0 Å². The summed E-state index contributed by atoms with van der Waals surface area (Å²) in [6, 6.07) is 15.8. The van der Waals surface area contributed by atoms with Gasteiger partial charge in [-0.25, -0.2) is 9.97 Å². The zero-order chi connectivity index (χ0) is 22.2. The molecule has 0 bridgehead atoms. The second kappa shape index (κ2) is 10.5. The summed E-state index contributed by atoms with van der Waals surface area (Å²) in [4.78, 5) is 20.7. The summed E-state index contributed by atoms with van der Waals surface area (Å²) in [5, 5.41) is 5.94. The highest BCUT2D eigenvalue weighted by Crippen LogP contribution is 2.17. The minimum Gasteiger partial charge on any atom is -0.487 e. The predicted octanol–water partition coefficient (Wildman–Crippen LogP) is 4.60. The molecule has 0 aliphatic carbocycles. The number of benzene rings is 2. The van der Waals surface area contributed by atoms with Crippen LogP contribution in [0, 0.1) is 6.92 Å². The lowest BCUT2D eigenvalue weighted by molar-refractivity contribution is -0.116. The molecular weight excluding hydrogens is 420 g/mol. The van der Waals surface area contributed by atoms with E-state index in [9.17, 15) is 4.79 Å². The summed E-state index contributed by atoms with van der Waals surface area (Å²) in [6.07, 6.45) is 8.82. The number of nitrogens with zero attached hydrogens (tertiary/aromatic N) is 3. The van der Waals surface area contributed by atoms with Gasteiger partial charge in [-0.05, 0) is 41.8 Å². The summed E-state index contributed by atoms with van der Waals surface area (Å²) >= 11 is 1.61. The average Bonchev–Trinajstić information content (AvgIpc) is 3.48. The van der Waals surface area contributed by atoms with Gasteiger partial charge in [0, 0.05) is 36.9 Å². The average molecular weight is 445 g/mol. The molecule has 2 heterocycles. The van der Waals surface area contributed by atoms with E-state index in [1.54, 1.807) is 29.9 Å². The number of hydrogen-bond acceptors (Lipinski definition) is 5. The number of aryl methyl sites for hydroxylation is 1. The molecular formula is C25H24N4O2S. The number of carbonyl (C=O) groups excluding carboxylic acids is 1. The lowest BCUT2D eigenvalue weighted by Crippen LogP contribution is -2.20. The van der Waals surface area contributed by atoms with E-state index in [4.69, 9.17) is 4.74 Å². The third kappa shape index (κ3) is 6.39. The van der Waals surface area contributed by atoms with Crippen molar-refractivity contribution >= 4 is 23.3 Å². The van der Waals surface area contributed by atoms with E-state index < -0.39 is 0 Å². The van der Waals surface area contributed by atoms with Gasteiger partial charge < -0.3 is 14.6 Å². The normalized spacial score (nSPS) is 11.0. The van der Waals surface area contributed by atoms with Crippen molar-refractivity contribution in [2.75, 3.05) is 0 Å². The highest BCUT2D eigenvalue weighted by molar-refractivity contribution is 7.09. The van der Waals surface area contributed by atoms with Crippen LogP contribution in [-0.4, -0.2) is 20.4 Å². The Labute approximate surface area is 191 Å². The number of ether oxygens (including phenoxy) is 1. The van der Waals surface area contributed by atoms with Gasteiger partial charge >= 0.3 is 0 Å². The van der Waals surface area contributed by atoms with Crippen LogP contribution >= 0.6 is 11.3 Å². The molecule has 2 aromatic heterocycles. The van der Waals surface area contributed by atoms with Crippen LogP contribution in [0.5, 0.6) is 5.75 Å². The third-order valence-corrected chi connectivity index (χ3v) is 5.57.